The minimum absolute atomic E-state index is 0.0107. The molecule has 4 aromatic rings. The lowest BCUT2D eigenvalue weighted by Gasteiger charge is -2.26. The molecule has 2 bridgehead atoms. The van der Waals surface area contributed by atoms with Crippen LogP contribution in [0.5, 0.6) is 0 Å². The van der Waals surface area contributed by atoms with E-state index in [4.69, 9.17) is 39.0 Å². The van der Waals surface area contributed by atoms with Crippen molar-refractivity contribution in [1.29, 1.82) is 0 Å². The molecule has 0 spiro atoms. The molecule has 21 heteroatoms. The maximum atomic E-state index is 13.5. The number of imidazole rings is 1. The normalized spacial score (nSPS) is 35.4. The van der Waals surface area contributed by atoms with Gasteiger partial charge >= 0.3 is 13.6 Å². The average molecular weight is 673 g/mol. The van der Waals surface area contributed by atoms with E-state index in [0.717, 1.165) is 5.39 Å². The zero-order valence-electron chi connectivity index (χ0n) is 22.0. The van der Waals surface area contributed by atoms with Crippen molar-refractivity contribution in [2.24, 2.45) is 0 Å². The number of thiol groups is 2. The number of pyridine rings is 1. The van der Waals surface area contributed by atoms with Crippen LogP contribution in [0.15, 0.2) is 35.6 Å². The van der Waals surface area contributed by atoms with Gasteiger partial charge in [-0.2, -0.15) is 4.98 Å². The molecule has 43 heavy (non-hydrogen) atoms. The molecular weight excluding hydrogens is 646 g/mol. The van der Waals surface area contributed by atoms with Gasteiger partial charge in [-0.25, -0.2) is 19.1 Å². The largest absolute Gasteiger partial charge is 0.398 e. The molecule has 7 rings (SSSR count). The number of nitrogens with zero attached hydrogens (tertiary/aromatic N) is 5. The Hall–Kier alpha value is -2.44. The summed E-state index contributed by atoms with van der Waals surface area (Å²) < 4.78 is 65.4. The van der Waals surface area contributed by atoms with Gasteiger partial charge < -0.3 is 25.5 Å². The summed E-state index contributed by atoms with van der Waals surface area (Å²) in [4.78, 5) is 27.4. The molecule has 0 aliphatic carbocycles. The molecule has 3 aliphatic heterocycles. The van der Waals surface area contributed by atoms with Crippen LogP contribution in [0.3, 0.4) is 0 Å². The standard InChI is InChI=1S/C22H26N8O9P2S2/c23-12-1-3-25-18-11(12)2-4-29(18)16-6-13-15(37-16)8-35-41(33,43)39-14-5-10(7-34-40(32,42)38-13)36-21(14)30-9-26-17-19(30)27-22(24)28-20(17)31/h1-4,9-10,13-16,21H,5-8H2,(H2,23,25)(H,32,42)(H,33,43)(H3,24,27,28,31)/t10-,13-,14+,15?,16+,21+,40+,41+/m0/s1. The van der Waals surface area contributed by atoms with E-state index >= 15 is 0 Å². The van der Waals surface area contributed by atoms with Gasteiger partial charge in [0, 0.05) is 36.3 Å². The molecule has 4 aromatic heterocycles. The Labute approximate surface area is 252 Å². The van der Waals surface area contributed by atoms with Gasteiger partial charge in [0.15, 0.2) is 17.4 Å². The molecule has 230 valence electrons. The maximum absolute atomic E-state index is 13.5. The Morgan fingerprint density at radius 2 is 1.70 bits per heavy atom. The number of nitrogen functional groups attached to an aromatic ring is 2. The van der Waals surface area contributed by atoms with Crippen molar-refractivity contribution < 1.29 is 36.7 Å². The summed E-state index contributed by atoms with van der Waals surface area (Å²) in [6.45, 7) is -8.54. The summed E-state index contributed by atoms with van der Waals surface area (Å²) in [5.41, 5.74) is 12.5. The molecule has 8 atom stereocenters. The first-order valence-electron chi connectivity index (χ1n) is 13.0. The van der Waals surface area contributed by atoms with Gasteiger partial charge in [0.2, 0.25) is 5.95 Å². The number of hydrogen-bond donors (Lipinski definition) is 5. The Morgan fingerprint density at radius 3 is 2.51 bits per heavy atom. The van der Waals surface area contributed by atoms with Crippen molar-refractivity contribution in [2.45, 2.75) is 49.7 Å². The van der Waals surface area contributed by atoms with E-state index in [1.54, 1.807) is 23.0 Å². The molecule has 0 radical (unpaired) electrons. The summed E-state index contributed by atoms with van der Waals surface area (Å²) in [6.07, 6.45) is 0.0315. The quantitative estimate of drug-likeness (QED) is 0.153. The van der Waals surface area contributed by atoms with Crippen molar-refractivity contribution in [1.82, 2.24) is 29.1 Å². The number of rotatable bonds is 2. The Kier molecular flexibility index (Phi) is 7.40. The highest BCUT2D eigenvalue weighted by Crippen LogP contribution is 2.60. The smallest absolute Gasteiger partial charge is 0.386 e. The van der Waals surface area contributed by atoms with Crippen LogP contribution in [0.2, 0.25) is 0 Å². The molecule has 3 saturated heterocycles. The molecule has 1 unspecified atom stereocenters. The SMILES string of the molecule is Nc1nc2c(ncn2[C@@H]2O[C@@H]3CO[P@@](=O)(S)O[C@H]4C[C@H](n5ccc6c(N)ccnc65)OC4CO[P@@](=O)(S)O[C@@H]2C3)c(=O)[nH]1. The van der Waals surface area contributed by atoms with Crippen LogP contribution in [0.1, 0.15) is 25.3 Å². The number of ether oxygens (including phenoxy) is 2. The second-order valence-electron chi connectivity index (χ2n) is 10.2. The van der Waals surface area contributed by atoms with Gasteiger partial charge in [-0.15, -0.1) is 0 Å². The minimum Gasteiger partial charge on any atom is -0.398 e. The lowest BCUT2D eigenvalue weighted by atomic mass is 10.2. The number of hydrogen-bond acceptors (Lipinski definition) is 14. The maximum Gasteiger partial charge on any atom is 0.386 e. The lowest BCUT2D eigenvalue weighted by Crippen LogP contribution is -2.28. The first-order chi connectivity index (χ1) is 20.5. The monoisotopic (exact) mass is 672 g/mol. The molecular formula is C22H26N8O9P2S2. The van der Waals surface area contributed by atoms with E-state index < -0.39 is 56.0 Å². The van der Waals surface area contributed by atoms with E-state index in [1.165, 1.54) is 10.9 Å². The number of fused-ring (bicyclic) bond motifs is 5. The molecule has 0 amide bonds. The van der Waals surface area contributed by atoms with Crippen molar-refractivity contribution in [3.05, 3.63) is 41.2 Å². The fraction of sp³-hybridized carbons (Fsp3) is 0.455. The minimum atomic E-state index is -4.06. The van der Waals surface area contributed by atoms with Crippen LogP contribution in [0, 0.1) is 0 Å². The second kappa shape index (κ2) is 10.9. The molecule has 5 N–H and O–H groups in total. The average Bonchev–Trinajstić information content (AvgIpc) is 3.71. The van der Waals surface area contributed by atoms with Crippen LogP contribution in [0.4, 0.5) is 11.6 Å². The highest BCUT2D eigenvalue weighted by Gasteiger charge is 2.46. The Morgan fingerprint density at radius 1 is 0.930 bits per heavy atom. The summed E-state index contributed by atoms with van der Waals surface area (Å²) in [6, 6.07) is 3.50. The highest BCUT2D eigenvalue weighted by molar-refractivity contribution is 8.44. The zero-order chi connectivity index (χ0) is 30.1. The number of H-pyrrole nitrogens is 1. The van der Waals surface area contributed by atoms with Gasteiger partial charge in [0.05, 0.1) is 25.6 Å². The summed E-state index contributed by atoms with van der Waals surface area (Å²) >= 11 is 8.39. The van der Waals surface area contributed by atoms with Gasteiger partial charge in [-0.05, 0) is 12.1 Å². The molecule has 7 heterocycles. The second-order valence-corrected chi connectivity index (χ2v) is 16.0. The number of nitrogens with two attached hydrogens (primary N) is 2. The summed E-state index contributed by atoms with van der Waals surface area (Å²) in [5.74, 6) is -0.135. The van der Waals surface area contributed by atoms with Crippen molar-refractivity contribution in [2.75, 3.05) is 24.7 Å². The molecule has 3 aliphatic rings. The van der Waals surface area contributed by atoms with Gasteiger partial charge in [0.1, 0.15) is 30.2 Å². The van der Waals surface area contributed by atoms with Crippen LogP contribution in [0.25, 0.3) is 22.2 Å². The first kappa shape index (κ1) is 29.3. The van der Waals surface area contributed by atoms with Crippen LogP contribution < -0.4 is 17.0 Å². The van der Waals surface area contributed by atoms with E-state index in [9.17, 15) is 13.9 Å². The molecule has 0 saturated carbocycles. The third-order valence-electron chi connectivity index (χ3n) is 7.37. The van der Waals surface area contributed by atoms with Gasteiger partial charge in [-0.3, -0.25) is 32.4 Å². The topological polar surface area (TPSA) is 223 Å². The van der Waals surface area contributed by atoms with E-state index in [2.05, 4.69) is 44.4 Å². The Balaban J connectivity index is 1.17. The van der Waals surface area contributed by atoms with Crippen LogP contribution in [-0.4, -0.2) is 66.7 Å². The van der Waals surface area contributed by atoms with Gasteiger partial charge in [-0.1, -0.05) is 24.5 Å². The summed E-state index contributed by atoms with van der Waals surface area (Å²) in [7, 11) is 0. The number of aromatic nitrogens is 6. The number of anilines is 2. The predicted molar refractivity (Wildman–Crippen MR) is 159 cm³/mol. The third kappa shape index (κ3) is 5.63. The van der Waals surface area contributed by atoms with E-state index in [-0.39, 0.29) is 43.2 Å². The van der Waals surface area contributed by atoms with Crippen molar-refractivity contribution >= 4 is 71.9 Å². The predicted octanol–water partition coefficient (Wildman–Crippen LogP) is 2.80. The van der Waals surface area contributed by atoms with Crippen LogP contribution in [-0.2, 0) is 36.7 Å². The number of nitrogens with one attached hydrogen (secondary N) is 1. The Bertz CT molecular complexity index is 1870. The fourth-order valence-corrected chi connectivity index (χ4v) is 8.52. The van der Waals surface area contributed by atoms with Crippen LogP contribution >= 0.6 is 38.1 Å². The van der Waals surface area contributed by atoms with Crippen molar-refractivity contribution in [3.63, 3.8) is 0 Å². The highest BCUT2D eigenvalue weighted by atomic mass is 32.7. The molecule has 17 nitrogen and oxygen atoms in total. The fourth-order valence-electron chi connectivity index (χ4n) is 5.48. The zero-order valence-corrected chi connectivity index (χ0v) is 25.6. The molecule has 0 aromatic carbocycles. The van der Waals surface area contributed by atoms with E-state index in [0.29, 0.717) is 11.3 Å². The molecule has 3 fully saturated rings. The van der Waals surface area contributed by atoms with E-state index in [1.807, 2.05) is 6.07 Å². The van der Waals surface area contributed by atoms with Gasteiger partial charge in [0.25, 0.3) is 5.56 Å². The summed E-state index contributed by atoms with van der Waals surface area (Å²) in [5, 5.41) is 0.736. The third-order valence-corrected chi connectivity index (χ3v) is 10.7. The van der Waals surface area contributed by atoms with Crippen molar-refractivity contribution in [3.8, 4) is 0 Å². The first-order valence-corrected chi connectivity index (χ1v) is 18.4. The lowest BCUT2D eigenvalue weighted by molar-refractivity contribution is -0.0556. The number of aromatic amines is 1.